The smallest absolute Gasteiger partial charge is 0.260 e. The minimum Gasteiger partial charge on any atom is -0.387 e. The first kappa shape index (κ1) is 12.3. The molecule has 0 bridgehead atoms. The Hall–Kier alpha value is -2.69. The summed E-state index contributed by atoms with van der Waals surface area (Å²) < 4.78 is 5.35. The molecule has 5 heteroatoms. The number of hydrogen-bond donors (Lipinski definition) is 1. The monoisotopic (exact) mass is 266 g/mol. The van der Waals surface area contributed by atoms with E-state index in [-0.39, 0.29) is 0 Å². The molecular weight excluding hydrogens is 252 g/mol. The summed E-state index contributed by atoms with van der Waals surface area (Å²) in [5.74, 6) is 0.975. The zero-order valence-electron chi connectivity index (χ0n) is 11.3. The highest BCUT2D eigenvalue weighted by Crippen LogP contribution is 2.27. The molecular formula is C15H14N4O. The second kappa shape index (κ2) is 5.13. The number of benzene rings is 1. The van der Waals surface area contributed by atoms with E-state index in [9.17, 15) is 0 Å². The molecule has 2 aromatic heterocycles. The van der Waals surface area contributed by atoms with Gasteiger partial charge >= 0.3 is 0 Å². The van der Waals surface area contributed by atoms with Crippen LogP contribution >= 0.6 is 0 Å². The van der Waals surface area contributed by atoms with Crippen molar-refractivity contribution in [3.8, 4) is 23.0 Å². The average Bonchev–Trinajstić information content (AvgIpc) is 2.97. The fourth-order valence-electron chi connectivity index (χ4n) is 1.99. The van der Waals surface area contributed by atoms with E-state index in [0.29, 0.717) is 17.4 Å². The van der Waals surface area contributed by atoms with Crippen molar-refractivity contribution in [2.24, 2.45) is 0 Å². The number of rotatable bonds is 3. The van der Waals surface area contributed by atoms with Crippen LogP contribution in [0.2, 0.25) is 0 Å². The third-order valence-electron chi connectivity index (χ3n) is 2.97. The fourth-order valence-corrected chi connectivity index (χ4v) is 1.99. The van der Waals surface area contributed by atoms with Gasteiger partial charge in [-0.3, -0.25) is 0 Å². The van der Waals surface area contributed by atoms with E-state index in [1.165, 1.54) is 0 Å². The van der Waals surface area contributed by atoms with Crippen LogP contribution in [0, 0.1) is 6.92 Å². The lowest BCUT2D eigenvalue weighted by atomic mass is 10.2. The molecule has 3 rings (SSSR count). The molecule has 0 saturated heterocycles. The van der Waals surface area contributed by atoms with Gasteiger partial charge in [0.2, 0.25) is 5.82 Å². The summed E-state index contributed by atoms with van der Waals surface area (Å²) in [5, 5.41) is 7.11. The number of para-hydroxylation sites is 1. The molecule has 0 aliphatic heterocycles. The first-order chi connectivity index (χ1) is 9.78. The molecule has 3 aromatic rings. The number of pyridine rings is 1. The van der Waals surface area contributed by atoms with E-state index in [1.54, 1.807) is 0 Å². The Morgan fingerprint density at radius 2 is 1.85 bits per heavy atom. The predicted molar refractivity (Wildman–Crippen MR) is 77.2 cm³/mol. The molecule has 0 aliphatic carbocycles. The number of hydrogen-bond acceptors (Lipinski definition) is 5. The molecule has 0 spiro atoms. The highest BCUT2D eigenvalue weighted by molar-refractivity contribution is 5.72. The first-order valence-corrected chi connectivity index (χ1v) is 6.33. The zero-order chi connectivity index (χ0) is 13.9. The molecule has 2 heterocycles. The van der Waals surface area contributed by atoms with Crippen molar-refractivity contribution in [3.63, 3.8) is 0 Å². The maximum atomic E-state index is 5.35. The Labute approximate surface area is 116 Å². The van der Waals surface area contributed by atoms with E-state index in [0.717, 1.165) is 16.9 Å². The van der Waals surface area contributed by atoms with E-state index >= 15 is 0 Å². The first-order valence-electron chi connectivity index (χ1n) is 6.33. The van der Waals surface area contributed by atoms with E-state index in [4.69, 9.17) is 4.52 Å². The highest BCUT2D eigenvalue weighted by Gasteiger charge is 2.13. The Morgan fingerprint density at radius 3 is 2.65 bits per heavy atom. The summed E-state index contributed by atoms with van der Waals surface area (Å²) in [5.41, 5.74) is 3.45. The quantitative estimate of drug-likeness (QED) is 0.789. The van der Waals surface area contributed by atoms with Crippen LogP contribution in [-0.2, 0) is 0 Å². The molecule has 0 amide bonds. The van der Waals surface area contributed by atoms with Gasteiger partial charge in [0, 0.05) is 18.4 Å². The molecule has 20 heavy (non-hydrogen) atoms. The van der Waals surface area contributed by atoms with E-state index in [2.05, 4.69) is 20.4 Å². The Balaban J connectivity index is 2.02. The molecule has 1 N–H and O–H groups in total. The minimum atomic E-state index is 0.480. The van der Waals surface area contributed by atoms with Gasteiger partial charge in [0.25, 0.3) is 5.89 Å². The molecule has 1 aromatic carbocycles. The molecule has 100 valence electrons. The predicted octanol–water partition coefficient (Wildman–Crippen LogP) is 3.15. The second-order valence-corrected chi connectivity index (χ2v) is 4.38. The summed E-state index contributed by atoms with van der Waals surface area (Å²) in [7, 11) is 1.86. The maximum absolute atomic E-state index is 5.35. The molecule has 0 radical (unpaired) electrons. The summed E-state index contributed by atoms with van der Waals surface area (Å²) in [4.78, 5) is 8.81. The topological polar surface area (TPSA) is 63.8 Å². The summed E-state index contributed by atoms with van der Waals surface area (Å²) in [6.07, 6.45) is 0. The van der Waals surface area contributed by atoms with Crippen LogP contribution < -0.4 is 5.32 Å². The van der Waals surface area contributed by atoms with Gasteiger partial charge in [0.15, 0.2) is 0 Å². The fraction of sp³-hybridized carbons (Fsp3) is 0.133. The van der Waals surface area contributed by atoms with Crippen LogP contribution in [0.1, 0.15) is 5.69 Å². The summed E-state index contributed by atoms with van der Waals surface area (Å²) in [6.45, 7) is 1.93. The van der Waals surface area contributed by atoms with E-state index in [1.807, 2.05) is 56.4 Å². The van der Waals surface area contributed by atoms with Crippen molar-refractivity contribution in [3.05, 3.63) is 48.2 Å². The largest absolute Gasteiger partial charge is 0.387 e. The molecule has 0 fully saturated rings. The van der Waals surface area contributed by atoms with Crippen molar-refractivity contribution in [2.75, 3.05) is 12.4 Å². The zero-order valence-corrected chi connectivity index (χ0v) is 11.3. The third kappa shape index (κ3) is 2.25. The van der Waals surface area contributed by atoms with Gasteiger partial charge in [-0.25, -0.2) is 4.98 Å². The number of anilines is 1. The van der Waals surface area contributed by atoms with Gasteiger partial charge < -0.3 is 9.84 Å². The molecule has 0 saturated carbocycles. The molecule has 0 atom stereocenters. The van der Waals surface area contributed by atoms with Crippen LogP contribution in [0.3, 0.4) is 0 Å². The normalized spacial score (nSPS) is 10.5. The maximum Gasteiger partial charge on any atom is 0.260 e. The van der Waals surface area contributed by atoms with Crippen molar-refractivity contribution in [1.82, 2.24) is 15.1 Å². The van der Waals surface area contributed by atoms with Gasteiger partial charge in [0.05, 0.1) is 5.56 Å². The number of nitrogens with zero attached hydrogens (tertiary/aromatic N) is 3. The van der Waals surface area contributed by atoms with Gasteiger partial charge in [-0.15, -0.1) is 0 Å². The van der Waals surface area contributed by atoms with Crippen molar-refractivity contribution in [1.29, 1.82) is 0 Å². The third-order valence-corrected chi connectivity index (χ3v) is 2.97. The Bertz CT molecular complexity index is 736. The van der Waals surface area contributed by atoms with Crippen molar-refractivity contribution < 1.29 is 4.52 Å². The van der Waals surface area contributed by atoms with Crippen LogP contribution in [0.15, 0.2) is 47.0 Å². The molecule has 5 nitrogen and oxygen atoms in total. The average molecular weight is 266 g/mol. The number of aromatic nitrogens is 3. The van der Waals surface area contributed by atoms with Crippen molar-refractivity contribution in [2.45, 2.75) is 6.92 Å². The van der Waals surface area contributed by atoms with Crippen LogP contribution in [0.25, 0.3) is 23.0 Å². The van der Waals surface area contributed by atoms with Crippen LogP contribution in [0.4, 0.5) is 5.69 Å². The van der Waals surface area contributed by atoms with Gasteiger partial charge in [0.1, 0.15) is 5.69 Å². The Kier molecular flexibility index (Phi) is 3.16. The molecule has 0 aliphatic rings. The second-order valence-electron chi connectivity index (χ2n) is 4.38. The van der Waals surface area contributed by atoms with E-state index < -0.39 is 0 Å². The lowest BCUT2D eigenvalue weighted by Crippen LogP contribution is -1.91. The lowest BCUT2D eigenvalue weighted by molar-refractivity contribution is 0.432. The standard InChI is InChI=1S/C15H14N4O/c1-10-6-5-9-13(17-10)14-18-15(20-19-14)11-7-3-4-8-12(11)16-2/h3-9,16H,1-2H3. The SMILES string of the molecule is CNc1ccccc1-c1nc(-c2cccc(C)n2)no1. The highest BCUT2D eigenvalue weighted by atomic mass is 16.5. The minimum absolute atomic E-state index is 0.480. The number of nitrogens with one attached hydrogen (secondary N) is 1. The number of aryl methyl sites for hydroxylation is 1. The summed E-state index contributed by atoms with van der Waals surface area (Å²) in [6, 6.07) is 13.5. The Morgan fingerprint density at radius 1 is 1.00 bits per heavy atom. The van der Waals surface area contributed by atoms with Crippen molar-refractivity contribution >= 4 is 5.69 Å². The molecule has 0 unspecified atom stereocenters. The lowest BCUT2D eigenvalue weighted by Gasteiger charge is -2.03. The van der Waals surface area contributed by atoms with Gasteiger partial charge in [-0.05, 0) is 31.2 Å². The van der Waals surface area contributed by atoms with Crippen LogP contribution in [0.5, 0.6) is 0 Å². The van der Waals surface area contributed by atoms with Gasteiger partial charge in [-0.2, -0.15) is 4.98 Å². The summed E-state index contributed by atoms with van der Waals surface area (Å²) >= 11 is 0. The van der Waals surface area contributed by atoms with Gasteiger partial charge in [-0.1, -0.05) is 23.4 Å². The van der Waals surface area contributed by atoms with Crippen LogP contribution in [-0.4, -0.2) is 22.2 Å².